The lowest BCUT2D eigenvalue weighted by molar-refractivity contribution is -0.174. The van der Waals surface area contributed by atoms with E-state index in [0.29, 0.717) is 19.7 Å². The Morgan fingerprint density at radius 2 is 2.00 bits per heavy atom. The number of ether oxygens (including phenoxy) is 2. The second kappa shape index (κ2) is 8.11. The third-order valence-corrected chi connectivity index (χ3v) is 2.00. The fraction of sp³-hybridized carbons (Fsp3) is 1.00. The summed E-state index contributed by atoms with van der Waals surface area (Å²) in [6, 6.07) is 0. The van der Waals surface area contributed by atoms with Crippen molar-refractivity contribution in [2.45, 2.75) is 11.6 Å². The number of halogens is 4. The van der Waals surface area contributed by atoms with E-state index in [9.17, 15) is 13.2 Å². The Balaban J connectivity index is 3.47. The van der Waals surface area contributed by atoms with Gasteiger partial charge in [-0.1, -0.05) is 0 Å². The van der Waals surface area contributed by atoms with Gasteiger partial charge in [-0.15, -0.1) is 11.6 Å². The van der Waals surface area contributed by atoms with Gasteiger partial charge in [0, 0.05) is 20.2 Å². The summed E-state index contributed by atoms with van der Waals surface area (Å²) in [5.41, 5.74) is 0. The molecule has 0 N–H and O–H groups in total. The smallest absolute Gasteiger partial charge is 0.383 e. The van der Waals surface area contributed by atoms with Crippen molar-refractivity contribution in [1.82, 2.24) is 4.90 Å². The molecule has 1 unspecified atom stereocenters. The third kappa shape index (κ3) is 10.5. The van der Waals surface area contributed by atoms with Gasteiger partial charge in [0.1, 0.15) is 6.61 Å². The quantitative estimate of drug-likeness (QED) is 0.492. The van der Waals surface area contributed by atoms with Crippen LogP contribution in [-0.4, -0.2) is 63.5 Å². The van der Waals surface area contributed by atoms with Crippen molar-refractivity contribution in [3.8, 4) is 0 Å². The van der Waals surface area contributed by atoms with Gasteiger partial charge in [0.05, 0.1) is 18.6 Å². The van der Waals surface area contributed by atoms with Crippen LogP contribution in [0.3, 0.4) is 0 Å². The summed E-state index contributed by atoms with van der Waals surface area (Å²) >= 11 is 5.87. The van der Waals surface area contributed by atoms with Crippen molar-refractivity contribution < 1.29 is 22.6 Å². The number of hydrogen-bond donors (Lipinski definition) is 0. The van der Waals surface area contributed by atoms with Crippen LogP contribution in [0.25, 0.3) is 0 Å². The molecule has 0 heterocycles. The van der Waals surface area contributed by atoms with E-state index in [-0.39, 0.29) is 12.0 Å². The van der Waals surface area contributed by atoms with Gasteiger partial charge in [0.2, 0.25) is 0 Å². The fourth-order valence-corrected chi connectivity index (χ4v) is 1.43. The maximum atomic E-state index is 11.7. The van der Waals surface area contributed by atoms with Crippen molar-refractivity contribution in [3.63, 3.8) is 0 Å². The van der Waals surface area contributed by atoms with Gasteiger partial charge in [-0.05, 0) is 7.05 Å². The predicted molar refractivity (Wildman–Crippen MR) is 55.9 cm³/mol. The van der Waals surface area contributed by atoms with Crippen molar-refractivity contribution in [2.24, 2.45) is 0 Å². The van der Waals surface area contributed by atoms with Gasteiger partial charge in [-0.3, -0.25) is 0 Å². The lowest BCUT2D eigenvalue weighted by Crippen LogP contribution is -2.32. The van der Waals surface area contributed by atoms with Crippen LogP contribution >= 0.6 is 11.6 Å². The first-order valence-corrected chi connectivity index (χ1v) is 5.25. The zero-order chi connectivity index (χ0) is 12.6. The Labute approximate surface area is 98.4 Å². The zero-order valence-electron chi connectivity index (χ0n) is 9.39. The van der Waals surface area contributed by atoms with Crippen LogP contribution in [0.15, 0.2) is 0 Å². The van der Waals surface area contributed by atoms with Crippen LogP contribution in [-0.2, 0) is 9.47 Å². The minimum Gasteiger partial charge on any atom is -0.383 e. The molecule has 0 aromatic rings. The van der Waals surface area contributed by atoms with E-state index in [1.54, 1.807) is 19.1 Å². The van der Waals surface area contributed by atoms with Gasteiger partial charge >= 0.3 is 6.18 Å². The SMILES string of the molecule is COCC(Cl)CN(C)CCOCC(F)(F)F. The van der Waals surface area contributed by atoms with E-state index >= 15 is 0 Å². The molecule has 0 aliphatic carbocycles. The first-order chi connectivity index (χ1) is 7.35. The van der Waals surface area contributed by atoms with Crippen LogP contribution in [0.1, 0.15) is 0 Å². The number of nitrogens with zero attached hydrogens (tertiary/aromatic N) is 1. The van der Waals surface area contributed by atoms with Gasteiger partial charge < -0.3 is 14.4 Å². The van der Waals surface area contributed by atoms with Gasteiger partial charge in [0.25, 0.3) is 0 Å². The van der Waals surface area contributed by atoms with Crippen LogP contribution in [0.4, 0.5) is 13.2 Å². The maximum absolute atomic E-state index is 11.7. The van der Waals surface area contributed by atoms with Crippen molar-refractivity contribution in [1.29, 1.82) is 0 Å². The van der Waals surface area contributed by atoms with Crippen LogP contribution < -0.4 is 0 Å². The molecule has 0 radical (unpaired) electrons. The highest BCUT2D eigenvalue weighted by Gasteiger charge is 2.27. The monoisotopic (exact) mass is 263 g/mol. The highest BCUT2D eigenvalue weighted by molar-refractivity contribution is 6.20. The molecule has 0 aromatic carbocycles. The summed E-state index contributed by atoms with van der Waals surface area (Å²) in [6.07, 6.45) is -4.26. The summed E-state index contributed by atoms with van der Waals surface area (Å²) in [6.45, 7) is 0.193. The molecule has 0 saturated carbocycles. The van der Waals surface area contributed by atoms with Gasteiger partial charge in [-0.2, -0.15) is 13.2 Å². The minimum absolute atomic E-state index is 0.0343. The second-order valence-electron chi connectivity index (χ2n) is 3.48. The standard InChI is InChI=1S/C9H17ClF3NO2/c1-14(5-8(10)6-15-2)3-4-16-7-9(11,12)13/h8H,3-7H2,1-2H3. The molecule has 7 heteroatoms. The molecular formula is C9H17ClF3NO2. The molecule has 16 heavy (non-hydrogen) atoms. The van der Waals surface area contributed by atoms with E-state index in [4.69, 9.17) is 16.3 Å². The molecular weight excluding hydrogens is 247 g/mol. The average molecular weight is 264 g/mol. The van der Waals surface area contributed by atoms with Crippen LogP contribution in [0, 0.1) is 0 Å². The lowest BCUT2D eigenvalue weighted by Gasteiger charge is -2.19. The molecule has 1 atom stereocenters. The third-order valence-electron chi connectivity index (χ3n) is 1.74. The summed E-state index contributed by atoms with van der Waals surface area (Å²) in [5, 5.41) is -0.169. The molecule has 3 nitrogen and oxygen atoms in total. The largest absolute Gasteiger partial charge is 0.411 e. The van der Waals surface area contributed by atoms with E-state index in [0.717, 1.165) is 0 Å². The molecule has 98 valence electrons. The van der Waals surface area contributed by atoms with E-state index in [2.05, 4.69) is 4.74 Å². The normalized spacial score (nSPS) is 14.4. The zero-order valence-corrected chi connectivity index (χ0v) is 10.1. The molecule has 0 fully saturated rings. The van der Waals surface area contributed by atoms with Gasteiger partial charge in [-0.25, -0.2) is 0 Å². The first kappa shape index (κ1) is 16.0. The molecule has 0 rings (SSSR count). The molecule has 0 aliphatic rings. The molecule has 0 saturated heterocycles. The van der Waals surface area contributed by atoms with Crippen LogP contribution in [0.5, 0.6) is 0 Å². The van der Waals surface area contributed by atoms with E-state index in [1.807, 2.05) is 0 Å². The highest BCUT2D eigenvalue weighted by Crippen LogP contribution is 2.14. The molecule has 0 spiro atoms. The summed E-state index contributed by atoms with van der Waals surface area (Å²) in [5.74, 6) is 0. The fourth-order valence-electron chi connectivity index (χ4n) is 1.07. The maximum Gasteiger partial charge on any atom is 0.411 e. The molecule has 0 amide bonds. The van der Waals surface area contributed by atoms with Crippen molar-refractivity contribution in [2.75, 3.05) is 47.1 Å². The van der Waals surface area contributed by atoms with Crippen LogP contribution in [0.2, 0.25) is 0 Å². The Hall–Kier alpha value is -0.0400. The number of rotatable bonds is 8. The molecule has 0 bridgehead atoms. The van der Waals surface area contributed by atoms with E-state index in [1.165, 1.54) is 0 Å². The Bertz CT molecular complexity index is 181. The first-order valence-electron chi connectivity index (χ1n) is 4.81. The van der Waals surface area contributed by atoms with Gasteiger partial charge in [0.15, 0.2) is 0 Å². The Morgan fingerprint density at radius 3 is 2.50 bits per heavy atom. The topological polar surface area (TPSA) is 21.7 Å². The Morgan fingerprint density at radius 1 is 1.38 bits per heavy atom. The number of likely N-dealkylation sites (N-methyl/N-ethyl adjacent to an activating group) is 1. The molecule has 0 aromatic heterocycles. The summed E-state index contributed by atoms with van der Waals surface area (Å²) < 4.78 is 44.4. The molecule has 0 aliphatic heterocycles. The number of hydrogen-bond acceptors (Lipinski definition) is 3. The number of alkyl halides is 4. The Kier molecular flexibility index (Phi) is 8.09. The number of methoxy groups -OCH3 is 1. The summed E-state index contributed by atoms with van der Waals surface area (Å²) in [7, 11) is 3.31. The lowest BCUT2D eigenvalue weighted by atomic mass is 10.4. The van der Waals surface area contributed by atoms with E-state index < -0.39 is 12.8 Å². The summed E-state index contributed by atoms with van der Waals surface area (Å²) in [4.78, 5) is 1.80. The van der Waals surface area contributed by atoms with Crippen molar-refractivity contribution >= 4 is 11.6 Å². The second-order valence-corrected chi connectivity index (χ2v) is 4.10. The highest BCUT2D eigenvalue weighted by atomic mass is 35.5. The van der Waals surface area contributed by atoms with Crippen molar-refractivity contribution in [3.05, 3.63) is 0 Å². The minimum atomic E-state index is -4.26. The predicted octanol–water partition coefficient (Wildman–Crippen LogP) is 1.75. The average Bonchev–Trinajstić information content (AvgIpc) is 2.11.